The Bertz CT molecular complexity index is 837. The summed E-state index contributed by atoms with van der Waals surface area (Å²) in [5, 5.41) is 0. The number of amides is 1. The number of hydrogen-bond donors (Lipinski definition) is 2. The summed E-state index contributed by atoms with van der Waals surface area (Å²) in [6, 6.07) is 8.63. The van der Waals surface area contributed by atoms with Crippen molar-refractivity contribution >= 4 is 15.9 Å². The largest absolute Gasteiger partial charge is 0.493 e. The predicted molar refractivity (Wildman–Crippen MR) is 83.7 cm³/mol. The van der Waals surface area contributed by atoms with Crippen LogP contribution in [0.4, 0.5) is 4.39 Å². The number of hydrogen-bond acceptors (Lipinski definition) is 5. The van der Waals surface area contributed by atoms with E-state index < -0.39 is 21.7 Å². The van der Waals surface area contributed by atoms with Gasteiger partial charge in [-0.05, 0) is 36.4 Å². The number of hydrazine groups is 1. The molecule has 0 atom stereocenters. The first-order valence-corrected chi connectivity index (χ1v) is 8.15. The van der Waals surface area contributed by atoms with Crippen molar-refractivity contribution in [3.63, 3.8) is 0 Å². The number of carbonyl (C=O) groups is 1. The van der Waals surface area contributed by atoms with Gasteiger partial charge in [-0.3, -0.25) is 10.2 Å². The summed E-state index contributed by atoms with van der Waals surface area (Å²) >= 11 is 0. The van der Waals surface area contributed by atoms with Crippen molar-refractivity contribution in [2.75, 3.05) is 14.2 Å². The number of sulfonamides is 1. The number of rotatable bonds is 6. The van der Waals surface area contributed by atoms with Crippen LogP contribution in [0.2, 0.25) is 0 Å². The number of nitrogens with one attached hydrogen (secondary N) is 2. The molecule has 9 heteroatoms. The second kappa shape index (κ2) is 7.28. The third-order valence-corrected chi connectivity index (χ3v) is 4.32. The van der Waals surface area contributed by atoms with Crippen LogP contribution in [0, 0.1) is 5.82 Å². The molecule has 1 amide bonds. The lowest BCUT2D eigenvalue weighted by molar-refractivity contribution is 0.0945. The Kier molecular flexibility index (Phi) is 5.37. The van der Waals surface area contributed by atoms with E-state index >= 15 is 0 Å². The van der Waals surface area contributed by atoms with Crippen LogP contribution < -0.4 is 19.7 Å². The highest BCUT2D eigenvalue weighted by Gasteiger charge is 2.18. The Balaban J connectivity index is 2.13. The molecule has 0 aliphatic rings. The van der Waals surface area contributed by atoms with Crippen molar-refractivity contribution in [3.8, 4) is 11.5 Å². The maximum Gasteiger partial charge on any atom is 0.266 e. The van der Waals surface area contributed by atoms with Gasteiger partial charge < -0.3 is 9.47 Å². The molecule has 0 spiro atoms. The van der Waals surface area contributed by atoms with E-state index in [1.807, 2.05) is 4.83 Å². The summed E-state index contributed by atoms with van der Waals surface area (Å²) in [7, 11) is -1.22. The molecule has 0 bridgehead atoms. The molecule has 2 N–H and O–H groups in total. The fraction of sp³-hybridized carbons (Fsp3) is 0.133. The zero-order valence-corrected chi connectivity index (χ0v) is 13.7. The molecule has 0 aromatic heterocycles. The van der Waals surface area contributed by atoms with E-state index in [9.17, 15) is 17.6 Å². The van der Waals surface area contributed by atoms with Gasteiger partial charge in [0.15, 0.2) is 11.5 Å². The zero-order chi connectivity index (χ0) is 17.7. The van der Waals surface area contributed by atoms with E-state index in [0.29, 0.717) is 5.75 Å². The fourth-order valence-electron chi connectivity index (χ4n) is 1.83. The molecule has 7 nitrogen and oxygen atoms in total. The van der Waals surface area contributed by atoms with Gasteiger partial charge in [-0.15, -0.1) is 4.83 Å². The minimum absolute atomic E-state index is 0.103. The second-order valence-corrected chi connectivity index (χ2v) is 6.27. The molecule has 0 aliphatic carbocycles. The Morgan fingerprint density at radius 3 is 2.21 bits per heavy atom. The van der Waals surface area contributed by atoms with Crippen LogP contribution in [0.25, 0.3) is 0 Å². The molecule has 2 aromatic carbocycles. The number of ether oxygens (including phenoxy) is 2. The first-order chi connectivity index (χ1) is 11.4. The molecule has 2 aromatic rings. The monoisotopic (exact) mass is 354 g/mol. The molecule has 0 aliphatic heterocycles. The van der Waals surface area contributed by atoms with Crippen LogP contribution in [0.15, 0.2) is 47.4 Å². The maximum absolute atomic E-state index is 12.8. The van der Waals surface area contributed by atoms with Gasteiger partial charge in [0.1, 0.15) is 5.82 Å². The SMILES string of the molecule is COc1ccc(S(=O)(=O)NNC(=O)c2ccc(F)cc2)cc1OC. The molecule has 0 radical (unpaired) electrons. The molecule has 0 fully saturated rings. The topological polar surface area (TPSA) is 93.7 Å². The van der Waals surface area contributed by atoms with Crippen molar-refractivity contribution in [1.29, 1.82) is 0 Å². The van der Waals surface area contributed by atoms with Crippen molar-refractivity contribution in [3.05, 3.63) is 53.8 Å². The van der Waals surface area contributed by atoms with Gasteiger partial charge in [0.2, 0.25) is 0 Å². The quantitative estimate of drug-likeness (QED) is 0.766. The Labute approximate surface area is 138 Å². The van der Waals surface area contributed by atoms with E-state index in [1.54, 1.807) is 0 Å². The highest BCUT2D eigenvalue weighted by molar-refractivity contribution is 7.89. The zero-order valence-electron chi connectivity index (χ0n) is 12.9. The highest BCUT2D eigenvalue weighted by Crippen LogP contribution is 2.29. The van der Waals surface area contributed by atoms with Crippen molar-refractivity contribution in [1.82, 2.24) is 10.3 Å². The minimum Gasteiger partial charge on any atom is -0.493 e. The first-order valence-electron chi connectivity index (χ1n) is 6.67. The van der Waals surface area contributed by atoms with Crippen LogP contribution in [-0.2, 0) is 10.0 Å². The Morgan fingerprint density at radius 2 is 1.62 bits per heavy atom. The number of carbonyl (C=O) groups excluding carboxylic acids is 1. The minimum atomic E-state index is -4.02. The summed E-state index contributed by atoms with van der Waals surface area (Å²) in [5.41, 5.74) is 2.15. The third-order valence-electron chi connectivity index (χ3n) is 3.07. The van der Waals surface area contributed by atoms with Crippen molar-refractivity contribution in [2.24, 2.45) is 0 Å². The van der Waals surface area contributed by atoms with E-state index in [0.717, 1.165) is 12.1 Å². The average molecular weight is 354 g/mol. The van der Waals surface area contributed by atoms with Gasteiger partial charge >= 0.3 is 0 Å². The fourth-order valence-corrected chi connectivity index (χ4v) is 2.68. The van der Waals surface area contributed by atoms with Crippen LogP contribution in [0.3, 0.4) is 0 Å². The van der Waals surface area contributed by atoms with Gasteiger partial charge in [0.05, 0.1) is 19.1 Å². The molecule has 0 saturated heterocycles. The van der Waals surface area contributed by atoms with E-state index in [2.05, 4.69) is 5.43 Å². The third kappa shape index (κ3) is 4.00. The first kappa shape index (κ1) is 17.7. The van der Waals surface area contributed by atoms with E-state index in [-0.39, 0.29) is 16.2 Å². The van der Waals surface area contributed by atoms with Crippen LogP contribution in [0.5, 0.6) is 11.5 Å². The molecule has 0 saturated carbocycles. The van der Waals surface area contributed by atoms with E-state index in [4.69, 9.17) is 9.47 Å². The number of methoxy groups -OCH3 is 2. The number of halogens is 1. The van der Waals surface area contributed by atoms with Crippen LogP contribution in [-0.4, -0.2) is 28.5 Å². The smallest absolute Gasteiger partial charge is 0.266 e. The molecule has 0 heterocycles. The molecule has 0 unspecified atom stereocenters. The van der Waals surface area contributed by atoms with Gasteiger partial charge in [0, 0.05) is 11.6 Å². The lowest BCUT2D eigenvalue weighted by Crippen LogP contribution is -2.41. The standard InChI is InChI=1S/C15H15FN2O5S/c1-22-13-8-7-12(9-14(13)23-2)24(20,21)18-17-15(19)10-3-5-11(16)6-4-10/h3-9,18H,1-2H3,(H,17,19). The lowest BCUT2D eigenvalue weighted by Gasteiger charge is -2.11. The summed E-state index contributed by atoms with van der Waals surface area (Å²) in [6.45, 7) is 0. The van der Waals surface area contributed by atoms with Gasteiger partial charge in [-0.2, -0.15) is 0 Å². The normalized spacial score (nSPS) is 11.0. The highest BCUT2D eigenvalue weighted by atomic mass is 32.2. The Hall–Kier alpha value is -2.65. The molecule has 24 heavy (non-hydrogen) atoms. The van der Waals surface area contributed by atoms with Gasteiger partial charge in [-0.25, -0.2) is 12.8 Å². The summed E-state index contributed by atoms with van der Waals surface area (Å²) in [5.74, 6) is -0.631. The number of benzene rings is 2. The molecular weight excluding hydrogens is 339 g/mol. The average Bonchev–Trinajstić information content (AvgIpc) is 2.59. The summed E-state index contributed by atoms with van der Waals surface area (Å²) in [6.07, 6.45) is 0. The maximum atomic E-state index is 12.8. The lowest BCUT2D eigenvalue weighted by atomic mass is 10.2. The van der Waals surface area contributed by atoms with Gasteiger partial charge in [-0.1, -0.05) is 0 Å². The predicted octanol–water partition coefficient (Wildman–Crippen LogP) is 1.47. The summed E-state index contributed by atoms with van der Waals surface area (Å²) in [4.78, 5) is 13.7. The van der Waals surface area contributed by atoms with Crippen LogP contribution >= 0.6 is 0 Å². The Morgan fingerprint density at radius 1 is 1.00 bits per heavy atom. The van der Waals surface area contributed by atoms with Crippen molar-refractivity contribution in [2.45, 2.75) is 4.90 Å². The van der Waals surface area contributed by atoms with Crippen molar-refractivity contribution < 1.29 is 27.1 Å². The molecular formula is C15H15FN2O5S. The second-order valence-electron chi connectivity index (χ2n) is 4.58. The molecule has 128 valence electrons. The molecule has 2 rings (SSSR count). The van der Waals surface area contributed by atoms with Crippen LogP contribution in [0.1, 0.15) is 10.4 Å². The van der Waals surface area contributed by atoms with E-state index in [1.165, 1.54) is 44.6 Å². The summed E-state index contributed by atoms with van der Waals surface area (Å²) < 4.78 is 47.3. The van der Waals surface area contributed by atoms with Gasteiger partial charge in [0.25, 0.3) is 15.9 Å².